The third-order valence-corrected chi connectivity index (χ3v) is 6.27. The first-order chi connectivity index (χ1) is 15.6. The van der Waals surface area contributed by atoms with E-state index in [9.17, 15) is 22.4 Å². The molecule has 2 fully saturated rings. The molecule has 33 heavy (non-hydrogen) atoms. The van der Waals surface area contributed by atoms with E-state index in [1.165, 1.54) is 23.4 Å². The highest BCUT2D eigenvalue weighted by Gasteiger charge is 2.55. The largest absolute Gasteiger partial charge is 0.369 e. The van der Waals surface area contributed by atoms with Crippen LogP contribution in [0, 0.1) is 12.3 Å². The van der Waals surface area contributed by atoms with Crippen molar-refractivity contribution in [3.63, 3.8) is 0 Å². The fraction of sp³-hybridized carbons (Fsp3) is 0.476. The number of nitrogens with zero attached hydrogens (tertiary/aromatic N) is 7. The molecule has 0 N–H and O–H groups in total. The average Bonchev–Trinajstić information content (AvgIpc) is 3.23. The van der Waals surface area contributed by atoms with Gasteiger partial charge in [0, 0.05) is 44.6 Å². The number of carbonyl (C=O) groups excluding carboxylic acids is 1. The van der Waals surface area contributed by atoms with E-state index < -0.39 is 24.3 Å². The molecule has 0 aromatic carbocycles. The first-order valence-electron chi connectivity index (χ1n) is 10.5. The van der Waals surface area contributed by atoms with Crippen LogP contribution in [0.1, 0.15) is 24.7 Å². The van der Waals surface area contributed by atoms with Gasteiger partial charge in [-0.3, -0.25) is 14.7 Å². The number of rotatable bonds is 5. The van der Waals surface area contributed by atoms with E-state index >= 15 is 0 Å². The predicted octanol–water partition coefficient (Wildman–Crippen LogP) is 3.15. The van der Waals surface area contributed by atoms with E-state index in [1.807, 2.05) is 4.90 Å². The SMILES string of the molecule is Cc1nn(CC(F)F)c2nc(N3CCC4(CN(c5ccnc(C(C)(F)F)c5)C4)C3=O)ncc12. The van der Waals surface area contributed by atoms with Crippen LogP contribution in [-0.2, 0) is 17.3 Å². The summed E-state index contributed by atoms with van der Waals surface area (Å²) in [6.45, 7) is 3.02. The second-order valence-corrected chi connectivity index (χ2v) is 8.70. The highest BCUT2D eigenvalue weighted by Crippen LogP contribution is 2.44. The van der Waals surface area contributed by atoms with Gasteiger partial charge in [0.1, 0.15) is 12.2 Å². The average molecular weight is 463 g/mol. The molecule has 8 nitrogen and oxygen atoms in total. The molecule has 174 valence electrons. The van der Waals surface area contributed by atoms with E-state index in [0.717, 1.165) is 11.6 Å². The van der Waals surface area contributed by atoms with Gasteiger partial charge in [-0.15, -0.1) is 0 Å². The molecule has 2 saturated heterocycles. The van der Waals surface area contributed by atoms with Gasteiger partial charge in [-0.1, -0.05) is 0 Å². The van der Waals surface area contributed by atoms with Gasteiger partial charge in [-0.05, 0) is 25.5 Å². The van der Waals surface area contributed by atoms with Gasteiger partial charge in [0.05, 0.1) is 16.5 Å². The molecular formula is C21H21F4N7O. The van der Waals surface area contributed by atoms with Crippen molar-refractivity contribution in [1.82, 2.24) is 24.7 Å². The number of aryl methyl sites for hydroxylation is 1. The third kappa shape index (κ3) is 3.57. The zero-order valence-electron chi connectivity index (χ0n) is 18.0. The molecule has 1 amide bonds. The second kappa shape index (κ2) is 7.35. The zero-order valence-corrected chi connectivity index (χ0v) is 18.0. The van der Waals surface area contributed by atoms with E-state index in [2.05, 4.69) is 20.1 Å². The molecule has 2 aliphatic heterocycles. The Balaban J connectivity index is 1.36. The molecule has 12 heteroatoms. The Bertz CT molecular complexity index is 1230. The Hall–Kier alpha value is -3.31. The Kier molecular flexibility index (Phi) is 4.80. The fourth-order valence-corrected chi connectivity index (χ4v) is 4.51. The van der Waals surface area contributed by atoms with Crippen LogP contribution in [-0.4, -0.2) is 56.7 Å². The summed E-state index contributed by atoms with van der Waals surface area (Å²) in [7, 11) is 0. The summed E-state index contributed by atoms with van der Waals surface area (Å²) < 4.78 is 54.2. The number of carbonyl (C=O) groups is 1. The minimum absolute atomic E-state index is 0.148. The van der Waals surface area contributed by atoms with Crippen LogP contribution in [0.25, 0.3) is 11.0 Å². The molecule has 3 aromatic rings. The number of alkyl halides is 4. The summed E-state index contributed by atoms with van der Waals surface area (Å²) in [5.74, 6) is -3.07. The lowest BCUT2D eigenvalue weighted by atomic mass is 9.78. The first-order valence-corrected chi connectivity index (χ1v) is 10.5. The van der Waals surface area contributed by atoms with Crippen molar-refractivity contribution in [2.45, 2.75) is 39.2 Å². The fourth-order valence-electron chi connectivity index (χ4n) is 4.51. The normalized spacial score (nSPS) is 18.1. The number of halogens is 4. The van der Waals surface area contributed by atoms with Crippen LogP contribution in [0.4, 0.5) is 29.2 Å². The number of fused-ring (bicyclic) bond motifs is 1. The van der Waals surface area contributed by atoms with E-state index in [4.69, 9.17) is 0 Å². The van der Waals surface area contributed by atoms with Gasteiger partial charge in [-0.25, -0.2) is 18.4 Å². The maximum Gasteiger partial charge on any atom is 0.287 e. The number of anilines is 2. The molecule has 0 aliphatic carbocycles. The van der Waals surface area contributed by atoms with Crippen molar-refractivity contribution in [2.24, 2.45) is 5.41 Å². The van der Waals surface area contributed by atoms with Gasteiger partial charge in [0.15, 0.2) is 5.65 Å². The molecule has 0 unspecified atom stereocenters. The Labute approximate surface area is 186 Å². The van der Waals surface area contributed by atoms with Crippen molar-refractivity contribution in [1.29, 1.82) is 0 Å². The maximum atomic E-state index is 13.6. The highest BCUT2D eigenvalue weighted by atomic mass is 19.3. The molecule has 0 saturated carbocycles. The van der Waals surface area contributed by atoms with Crippen molar-refractivity contribution >= 4 is 28.6 Å². The molecule has 0 bridgehead atoms. The Morgan fingerprint density at radius 3 is 2.70 bits per heavy atom. The second-order valence-electron chi connectivity index (χ2n) is 8.70. The molecule has 0 radical (unpaired) electrons. The van der Waals surface area contributed by atoms with Gasteiger partial charge < -0.3 is 4.90 Å². The van der Waals surface area contributed by atoms with Crippen LogP contribution < -0.4 is 9.80 Å². The predicted molar refractivity (Wildman–Crippen MR) is 111 cm³/mol. The Morgan fingerprint density at radius 1 is 1.24 bits per heavy atom. The molecule has 3 aromatic heterocycles. The lowest BCUT2D eigenvalue weighted by Gasteiger charge is -2.47. The van der Waals surface area contributed by atoms with Gasteiger partial charge in [0.25, 0.3) is 12.3 Å². The number of amides is 1. The summed E-state index contributed by atoms with van der Waals surface area (Å²) in [5.41, 5.74) is 0.396. The summed E-state index contributed by atoms with van der Waals surface area (Å²) in [4.78, 5) is 29.0. The van der Waals surface area contributed by atoms with Crippen LogP contribution in [0.15, 0.2) is 24.5 Å². The summed E-state index contributed by atoms with van der Waals surface area (Å²) in [6, 6.07) is 2.98. The molecule has 5 heterocycles. The van der Waals surface area contributed by atoms with Crippen LogP contribution in [0.3, 0.4) is 0 Å². The van der Waals surface area contributed by atoms with Crippen molar-refractivity contribution < 1.29 is 22.4 Å². The van der Waals surface area contributed by atoms with Gasteiger partial charge in [-0.2, -0.15) is 18.9 Å². The minimum Gasteiger partial charge on any atom is -0.369 e. The third-order valence-electron chi connectivity index (χ3n) is 6.27. The molecule has 1 spiro atoms. The molecular weight excluding hydrogens is 442 g/mol. The molecule has 2 aliphatic rings. The Morgan fingerprint density at radius 2 is 2.00 bits per heavy atom. The van der Waals surface area contributed by atoms with Gasteiger partial charge in [0.2, 0.25) is 11.9 Å². The molecule has 5 rings (SSSR count). The van der Waals surface area contributed by atoms with Crippen LogP contribution in [0.5, 0.6) is 0 Å². The summed E-state index contributed by atoms with van der Waals surface area (Å²) >= 11 is 0. The number of pyridine rings is 1. The minimum atomic E-state index is -3.05. The quantitative estimate of drug-likeness (QED) is 0.541. The van der Waals surface area contributed by atoms with E-state index in [1.54, 1.807) is 13.0 Å². The smallest absolute Gasteiger partial charge is 0.287 e. The standard InChI is InChI=1S/C21H21F4N7O/c1-12-14-8-27-19(28-17(14)32(29-12)9-16(22)23)31-6-4-21(18(31)33)10-30(11-21)13-3-5-26-15(7-13)20(2,24)25/h3,5,7-8,16H,4,6,9-11H2,1-2H3. The molecule has 0 atom stereocenters. The van der Waals surface area contributed by atoms with Gasteiger partial charge >= 0.3 is 0 Å². The topological polar surface area (TPSA) is 80.0 Å². The highest BCUT2D eigenvalue weighted by molar-refractivity contribution is 6.01. The van der Waals surface area contributed by atoms with Crippen LogP contribution in [0.2, 0.25) is 0 Å². The van der Waals surface area contributed by atoms with Crippen molar-refractivity contribution in [3.05, 3.63) is 35.9 Å². The number of hydrogen-bond acceptors (Lipinski definition) is 6. The lowest BCUT2D eigenvalue weighted by Crippen LogP contribution is -2.60. The first kappa shape index (κ1) is 21.5. The van der Waals surface area contributed by atoms with E-state index in [-0.39, 0.29) is 23.2 Å². The van der Waals surface area contributed by atoms with Crippen LogP contribution >= 0.6 is 0 Å². The van der Waals surface area contributed by atoms with Crippen molar-refractivity contribution in [3.8, 4) is 0 Å². The zero-order chi connectivity index (χ0) is 23.5. The summed E-state index contributed by atoms with van der Waals surface area (Å²) in [5, 5.41) is 4.66. The summed E-state index contributed by atoms with van der Waals surface area (Å²) in [6.07, 6.45) is 0.797. The van der Waals surface area contributed by atoms with Crippen molar-refractivity contribution in [2.75, 3.05) is 29.4 Å². The number of aromatic nitrogens is 5. The lowest BCUT2D eigenvalue weighted by molar-refractivity contribution is -0.126. The van der Waals surface area contributed by atoms with E-state index in [0.29, 0.717) is 42.8 Å². The maximum absolute atomic E-state index is 13.6. The monoisotopic (exact) mass is 463 g/mol. The number of hydrogen-bond donors (Lipinski definition) is 0.